The number of allylic oxidation sites excluding steroid dienone is 3. The second kappa shape index (κ2) is 16.3. The first-order chi connectivity index (χ1) is 17.0. The van der Waals surface area contributed by atoms with E-state index in [4.69, 9.17) is 9.47 Å². The minimum Gasteiger partial charge on any atom is -0.481 e. The number of carbonyl (C=O) groups excluding carboxylic acids is 2. The van der Waals surface area contributed by atoms with Gasteiger partial charge in [-0.3, -0.25) is 14.4 Å². The Balaban J connectivity index is 5.97. The van der Waals surface area contributed by atoms with Crippen LogP contribution in [0.2, 0.25) is 0 Å². The van der Waals surface area contributed by atoms with Gasteiger partial charge in [0.25, 0.3) is 0 Å². The van der Waals surface area contributed by atoms with Crippen LogP contribution in [0.1, 0.15) is 88.0 Å². The average Bonchev–Trinajstić information content (AvgIpc) is 2.75. The van der Waals surface area contributed by atoms with Gasteiger partial charge in [0, 0.05) is 25.3 Å². The predicted molar refractivity (Wildman–Crippen MR) is 143 cm³/mol. The Morgan fingerprint density at radius 2 is 1.35 bits per heavy atom. The van der Waals surface area contributed by atoms with Crippen LogP contribution in [-0.2, 0) is 28.7 Å². The van der Waals surface area contributed by atoms with Gasteiger partial charge in [0.1, 0.15) is 12.0 Å². The molecule has 0 aliphatic carbocycles. The lowest BCUT2D eigenvalue weighted by Gasteiger charge is -2.33. The van der Waals surface area contributed by atoms with Crippen molar-refractivity contribution in [2.45, 2.75) is 88.0 Å². The summed E-state index contributed by atoms with van der Waals surface area (Å²) in [6.07, 6.45) is 7.84. The molecule has 0 radical (unpaired) electrons. The number of carboxylic acids is 2. The van der Waals surface area contributed by atoms with Crippen molar-refractivity contribution in [3.05, 3.63) is 23.3 Å². The van der Waals surface area contributed by atoms with Gasteiger partial charge in [0.2, 0.25) is 0 Å². The van der Waals surface area contributed by atoms with E-state index in [2.05, 4.69) is 34.6 Å². The maximum Gasteiger partial charge on any atom is 0.332 e. The summed E-state index contributed by atoms with van der Waals surface area (Å²) in [5, 5.41) is 20.0. The van der Waals surface area contributed by atoms with E-state index in [1.807, 2.05) is 6.08 Å². The lowest BCUT2D eigenvalue weighted by molar-refractivity contribution is -0.164. The van der Waals surface area contributed by atoms with Crippen LogP contribution in [0.4, 0.5) is 0 Å². The summed E-state index contributed by atoms with van der Waals surface area (Å²) in [7, 11) is 0. The third-order valence-electron chi connectivity index (χ3n) is 6.92. The fourth-order valence-corrected chi connectivity index (χ4v) is 4.87. The van der Waals surface area contributed by atoms with E-state index >= 15 is 0 Å². The number of rotatable bonds is 17. The molecule has 212 valence electrons. The number of ether oxygens (including phenoxy) is 2. The standard InChI is InChI=1S/C29H48O8/c1-10-18(2)11-19(3)12-20(4)13-21(5)14-22(6)15-25(27(32)33)26(16-36-23(7)30)29(9,28(34)35)17-37-24(8)31/h14-15,18-21,26H,10-13,16-17H2,1-9H3,(H,32,33)(H,34,35). The van der Waals surface area contributed by atoms with Gasteiger partial charge < -0.3 is 19.7 Å². The number of esters is 2. The minimum atomic E-state index is -1.84. The van der Waals surface area contributed by atoms with Crippen LogP contribution in [0.15, 0.2) is 23.3 Å². The van der Waals surface area contributed by atoms with Crippen molar-refractivity contribution < 1.29 is 38.9 Å². The molecule has 8 nitrogen and oxygen atoms in total. The molecule has 0 aliphatic heterocycles. The Labute approximate surface area is 222 Å². The summed E-state index contributed by atoms with van der Waals surface area (Å²) in [4.78, 5) is 47.4. The molecule has 0 heterocycles. The fraction of sp³-hybridized carbons (Fsp3) is 0.724. The Morgan fingerprint density at radius 3 is 1.81 bits per heavy atom. The van der Waals surface area contributed by atoms with E-state index < -0.39 is 48.4 Å². The highest BCUT2D eigenvalue weighted by molar-refractivity contribution is 5.90. The van der Waals surface area contributed by atoms with E-state index in [-0.39, 0.29) is 11.5 Å². The van der Waals surface area contributed by atoms with Crippen molar-refractivity contribution in [3.63, 3.8) is 0 Å². The maximum absolute atomic E-state index is 12.3. The number of carbonyl (C=O) groups is 4. The van der Waals surface area contributed by atoms with E-state index in [9.17, 15) is 29.4 Å². The Kier molecular flexibility index (Phi) is 15.1. The van der Waals surface area contributed by atoms with Crippen LogP contribution in [-0.4, -0.2) is 47.3 Å². The molecule has 6 atom stereocenters. The maximum atomic E-state index is 12.3. The van der Waals surface area contributed by atoms with Gasteiger partial charge in [0.05, 0.1) is 6.61 Å². The summed E-state index contributed by atoms with van der Waals surface area (Å²) in [5.41, 5.74) is -1.40. The zero-order valence-electron chi connectivity index (χ0n) is 24.1. The van der Waals surface area contributed by atoms with E-state index in [1.165, 1.54) is 25.8 Å². The first-order valence-corrected chi connectivity index (χ1v) is 13.2. The van der Waals surface area contributed by atoms with Crippen molar-refractivity contribution in [1.29, 1.82) is 0 Å². The van der Waals surface area contributed by atoms with Crippen LogP contribution in [0.25, 0.3) is 0 Å². The molecule has 6 unspecified atom stereocenters. The molecular weight excluding hydrogens is 476 g/mol. The van der Waals surface area contributed by atoms with Crippen molar-refractivity contribution in [3.8, 4) is 0 Å². The molecule has 0 aromatic carbocycles. The third-order valence-corrected chi connectivity index (χ3v) is 6.92. The quantitative estimate of drug-likeness (QED) is 0.137. The smallest absolute Gasteiger partial charge is 0.332 e. The summed E-state index contributed by atoms with van der Waals surface area (Å²) in [5.74, 6) is -3.32. The van der Waals surface area contributed by atoms with Gasteiger partial charge in [-0.2, -0.15) is 0 Å². The second-order valence-electron chi connectivity index (χ2n) is 11.1. The fourth-order valence-electron chi connectivity index (χ4n) is 4.87. The Hall–Kier alpha value is -2.64. The molecule has 0 rings (SSSR count). The molecule has 2 N–H and O–H groups in total. The minimum absolute atomic E-state index is 0.177. The van der Waals surface area contributed by atoms with Gasteiger partial charge >= 0.3 is 23.9 Å². The first kappa shape index (κ1) is 34.4. The van der Waals surface area contributed by atoms with Crippen LogP contribution in [0.5, 0.6) is 0 Å². The number of hydrogen-bond acceptors (Lipinski definition) is 6. The zero-order valence-corrected chi connectivity index (χ0v) is 24.1. The number of aliphatic carboxylic acids is 2. The van der Waals surface area contributed by atoms with Crippen LogP contribution < -0.4 is 0 Å². The predicted octanol–water partition coefficient (Wildman–Crippen LogP) is 5.90. The highest BCUT2D eigenvalue weighted by atomic mass is 16.5. The number of hydrogen-bond donors (Lipinski definition) is 2. The summed E-state index contributed by atoms with van der Waals surface area (Å²) in [6, 6.07) is 0. The molecule has 0 aromatic heterocycles. The topological polar surface area (TPSA) is 127 Å². The van der Waals surface area contributed by atoms with Gasteiger partial charge in [-0.05, 0) is 62.9 Å². The SMILES string of the molecule is CCC(C)CC(C)CC(C)CC(C)C=C(C)C=C(C(=O)O)C(COC(C)=O)C(C)(COC(C)=O)C(=O)O. The van der Waals surface area contributed by atoms with Crippen molar-refractivity contribution >= 4 is 23.9 Å². The van der Waals surface area contributed by atoms with E-state index in [1.54, 1.807) is 6.92 Å². The highest BCUT2D eigenvalue weighted by Crippen LogP contribution is 2.36. The molecule has 0 fully saturated rings. The molecule has 0 spiro atoms. The van der Waals surface area contributed by atoms with Crippen LogP contribution in [0, 0.1) is 35.0 Å². The monoisotopic (exact) mass is 524 g/mol. The Morgan fingerprint density at radius 1 is 0.838 bits per heavy atom. The van der Waals surface area contributed by atoms with Gasteiger partial charge in [-0.25, -0.2) is 4.79 Å². The summed E-state index contributed by atoms with van der Waals surface area (Å²) >= 11 is 0. The van der Waals surface area contributed by atoms with E-state index in [0.29, 0.717) is 23.3 Å². The number of carboxylic acid groups (broad SMARTS) is 2. The zero-order chi connectivity index (χ0) is 28.9. The molecular formula is C29H48O8. The third kappa shape index (κ3) is 12.9. The Bertz CT molecular complexity index is 843. The largest absolute Gasteiger partial charge is 0.481 e. The normalized spacial score (nSPS) is 18.1. The highest BCUT2D eigenvalue weighted by Gasteiger charge is 2.47. The van der Waals surface area contributed by atoms with Crippen molar-refractivity contribution in [1.82, 2.24) is 0 Å². The van der Waals surface area contributed by atoms with Crippen LogP contribution >= 0.6 is 0 Å². The molecule has 8 heteroatoms. The van der Waals surface area contributed by atoms with Crippen LogP contribution in [0.3, 0.4) is 0 Å². The van der Waals surface area contributed by atoms with Gasteiger partial charge in [-0.1, -0.05) is 52.7 Å². The van der Waals surface area contributed by atoms with Gasteiger partial charge in [0.15, 0.2) is 0 Å². The van der Waals surface area contributed by atoms with Crippen molar-refractivity contribution in [2.75, 3.05) is 13.2 Å². The summed E-state index contributed by atoms with van der Waals surface area (Å²) < 4.78 is 10.0. The summed E-state index contributed by atoms with van der Waals surface area (Å²) in [6.45, 7) is 15.4. The second-order valence-corrected chi connectivity index (χ2v) is 11.1. The van der Waals surface area contributed by atoms with E-state index in [0.717, 1.165) is 26.7 Å². The molecule has 0 amide bonds. The van der Waals surface area contributed by atoms with Gasteiger partial charge in [-0.15, -0.1) is 0 Å². The average molecular weight is 525 g/mol. The molecule has 37 heavy (non-hydrogen) atoms. The van der Waals surface area contributed by atoms with Crippen molar-refractivity contribution in [2.24, 2.45) is 35.0 Å². The molecule has 0 saturated carbocycles. The lowest BCUT2D eigenvalue weighted by Crippen LogP contribution is -2.45. The molecule has 0 saturated heterocycles. The molecule has 0 aliphatic rings. The molecule has 0 aromatic rings. The first-order valence-electron chi connectivity index (χ1n) is 13.2. The lowest BCUT2D eigenvalue weighted by atomic mass is 9.73. The molecule has 0 bridgehead atoms.